The van der Waals surface area contributed by atoms with Gasteiger partial charge in [-0.15, -0.1) is 0 Å². The molecule has 3 heteroatoms. The maximum atomic E-state index is 4.66. The Bertz CT molecular complexity index is 460. The van der Waals surface area contributed by atoms with Gasteiger partial charge in [-0.2, -0.15) is 5.10 Å². The number of aryl methyl sites for hydroxylation is 1. The molecule has 0 unspecified atom stereocenters. The van der Waals surface area contributed by atoms with Crippen LogP contribution in [0.15, 0.2) is 18.5 Å². The second kappa shape index (κ2) is 3.40. The third-order valence-electron chi connectivity index (χ3n) is 3.53. The van der Waals surface area contributed by atoms with Crippen LogP contribution in [0.25, 0.3) is 5.65 Å². The zero-order valence-corrected chi connectivity index (χ0v) is 9.19. The Kier molecular flexibility index (Phi) is 2.04. The molecule has 0 saturated heterocycles. The number of rotatable bonds is 2. The molecule has 80 valence electrons. The first-order valence-electron chi connectivity index (χ1n) is 5.93. The Hall–Kier alpha value is -1.25. The number of aromatic nitrogens is 3. The fourth-order valence-corrected chi connectivity index (χ4v) is 2.64. The van der Waals surface area contributed by atoms with Crippen LogP contribution in [0.2, 0.25) is 0 Å². The summed E-state index contributed by atoms with van der Waals surface area (Å²) in [5.41, 5.74) is 2.53. The number of hydrogen-bond acceptors (Lipinski definition) is 1. The van der Waals surface area contributed by atoms with Crippen molar-refractivity contribution in [3.63, 3.8) is 0 Å². The van der Waals surface area contributed by atoms with Gasteiger partial charge in [-0.25, -0.2) is 4.52 Å². The first-order chi connectivity index (χ1) is 7.38. The maximum Gasteiger partial charge on any atom is 0.135 e. The highest BCUT2D eigenvalue weighted by atomic mass is 15.3. The third kappa shape index (κ3) is 1.37. The van der Waals surface area contributed by atoms with E-state index in [1.165, 1.54) is 37.0 Å². The van der Waals surface area contributed by atoms with Gasteiger partial charge in [0.1, 0.15) is 5.65 Å². The van der Waals surface area contributed by atoms with Gasteiger partial charge in [-0.3, -0.25) is 0 Å². The van der Waals surface area contributed by atoms with E-state index in [0.717, 1.165) is 12.5 Å². The average molecular weight is 203 g/mol. The van der Waals surface area contributed by atoms with Crippen molar-refractivity contribution >= 4 is 5.65 Å². The normalized spacial score (nSPS) is 17.9. The average Bonchev–Trinajstić information content (AvgIpc) is 2.93. The van der Waals surface area contributed by atoms with Crippen molar-refractivity contribution in [1.29, 1.82) is 0 Å². The van der Waals surface area contributed by atoms with E-state index in [2.05, 4.69) is 35.0 Å². The Balaban J connectivity index is 2.02. The van der Waals surface area contributed by atoms with Gasteiger partial charge >= 0.3 is 0 Å². The van der Waals surface area contributed by atoms with Gasteiger partial charge in [0.05, 0.1) is 5.69 Å². The number of hydrogen-bond donors (Lipinski definition) is 0. The van der Waals surface area contributed by atoms with Crippen LogP contribution in [0.3, 0.4) is 0 Å². The van der Waals surface area contributed by atoms with Crippen molar-refractivity contribution in [3.8, 4) is 0 Å². The van der Waals surface area contributed by atoms with Crippen molar-refractivity contribution in [3.05, 3.63) is 24.2 Å². The van der Waals surface area contributed by atoms with Crippen molar-refractivity contribution in [2.75, 3.05) is 0 Å². The van der Waals surface area contributed by atoms with Crippen LogP contribution in [0.1, 0.15) is 44.2 Å². The van der Waals surface area contributed by atoms with Crippen molar-refractivity contribution in [2.45, 2.75) is 45.1 Å². The first kappa shape index (κ1) is 9.01. The summed E-state index contributed by atoms with van der Waals surface area (Å²) in [6.07, 6.45) is 9.55. The molecule has 0 radical (unpaired) electrons. The fraction of sp³-hybridized carbons (Fsp3) is 0.583. The van der Waals surface area contributed by atoms with E-state index in [-0.39, 0.29) is 0 Å². The van der Waals surface area contributed by atoms with Crippen LogP contribution in [0.5, 0.6) is 0 Å². The van der Waals surface area contributed by atoms with Crippen molar-refractivity contribution in [1.82, 2.24) is 14.2 Å². The summed E-state index contributed by atoms with van der Waals surface area (Å²) in [4.78, 5) is 0. The smallest absolute Gasteiger partial charge is 0.135 e. The Morgan fingerprint density at radius 1 is 1.33 bits per heavy atom. The summed E-state index contributed by atoms with van der Waals surface area (Å²) in [6.45, 7) is 3.19. The quantitative estimate of drug-likeness (QED) is 0.735. The lowest BCUT2D eigenvalue weighted by molar-refractivity contribution is 0.685. The van der Waals surface area contributed by atoms with E-state index < -0.39 is 0 Å². The molecule has 1 aliphatic rings. The predicted octanol–water partition coefficient (Wildman–Crippen LogP) is 2.81. The molecule has 0 amide bonds. The first-order valence-corrected chi connectivity index (χ1v) is 5.93. The molecule has 0 aliphatic heterocycles. The summed E-state index contributed by atoms with van der Waals surface area (Å²) < 4.78 is 4.25. The molecule has 0 aromatic carbocycles. The van der Waals surface area contributed by atoms with E-state index in [9.17, 15) is 0 Å². The Labute approximate surface area is 89.7 Å². The number of nitrogens with zero attached hydrogens (tertiary/aromatic N) is 3. The maximum absolute atomic E-state index is 4.66. The Morgan fingerprint density at radius 3 is 2.87 bits per heavy atom. The lowest BCUT2D eigenvalue weighted by Crippen LogP contribution is -1.93. The lowest BCUT2D eigenvalue weighted by Gasteiger charge is -2.02. The number of imidazole rings is 1. The second-order valence-electron chi connectivity index (χ2n) is 4.44. The molecule has 0 bridgehead atoms. The lowest BCUT2D eigenvalue weighted by atomic mass is 10.1. The third-order valence-corrected chi connectivity index (χ3v) is 3.53. The number of fused-ring (bicyclic) bond motifs is 1. The summed E-state index contributed by atoms with van der Waals surface area (Å²) in [6, 6.07) is 2.26. The zero-order chi connectivity index (χ0) is 10.3. The Morgan fingerprint density at radius 2 is 2.13 bits per heavy atom. The fourth-order valence-electron chi connectivity index (χ4n) is 2.64. The van der Waals surface area contributed by atoms with Gasteiger partial charge in [0.2, 0.25) is 0 Å². The molecule has 15 heavy (non-hydrogen) atoms. The topological polar surface area (TPSA) is 22.2 Å². The highest BCUT2D eigenvalue weighted by Gasteiger charge is 2.20. The highest BCUT2D eigenvalue weighted by Crippen LogP contribution is 2.33. The molecular weight excluding hydrogens is 186 g/mol. The predicted molar refractivity (Wildman–Crippen MR) is 60.1 cm³/mol. The van der Waals surface area contributed by atoms with E-state index in [0.29, 0.717) is 0 Å². The standard InChI is InChI=1S/C12H17N3/c1-2-14-7-8-15-12(14)9-11(13-15)10-5-3-4-6-10/h7-10H,2-6H2,1H3. The molecule has 0 atom stereocenters. The molecule has 2 heterocycles. The molecule has 2 aromatic rings. The van der Waals surface area contributed by atoms with Gasteiger partial charge in [0.25, 0.3) is 0 Å². The van der Waals surface area contributed by atoms with E-state index in [4.69, 9.17) is 0 Å². The van der Waals surface area contributed by atoms with Crippen LogP contribution < -0.4 is 0 Å². The van der Waals surface area contributed by atoms with Crippen LogP contribution in [0, 0.1) is 0 Å². The summed E-state index contributed by atoms with van der Waals surface area (Å²) in [7, 11) is 0. The monoisotopic (exact) mass is 203 g/mol. The van der Waals surface area contributed by atoms with Crippen LogP contribution in [-0.4, -0.2) is 14.2 Å². The molecule has 2 aromatic heterocycles. The van der Waals surface area contributed by atoms with Crippen molar-refractivity contribution in [2.24, 2.45) is 0 Å². The second-order valence-corrected chi connectivity index (χ2v) is 4.44. The minimum absolute atomic E-state index is 0.718. The van der Waals surface area contributed by atoms with Gasteiger partial charge in [-0.05, 0) is 19.8 Å². The molecule has 3 rings (SSSR count). The molecular formula is C12H17N3. The summed E-state index contributed by atoms with van der Waals surface area (Å²) >= 11 is 0. The van der Waals surface area contributed by atoms with Gasteiger partial charge in [0.15, 0.2) is 0 Å². The van der Waals surface area contributed by atoms with Crippen molar-refractivity contribution < 1.29 is 0 Å². The minimum atomic E-state index is 0.718. The molecule has 0 spiro atoms. The molecule has 0 N–H and O–H groups in total. The van der Waals surface area contributed by atoms with Crippen LogP contribution >= 0.6 is 0 Å². The summed E-state index contributed by atoms with van der Waals surface area (Å²) in [5, 5.41) is 4.66. The van der Waals surface area contributed by atoms with E-state index >= 15 is 0 Å². The van der Waals surface area contributed by atoms with Gasteiger partial charge in [0, 0.05) is 30.9 Å². The van der Waals surface area contributed by atoms with Gasteiger partial charge < -0.3 is 4.57 Å². The van der Waals surface area contributed by atoms with E-state index in [1.807, 2.05) is 4.52 Å². The molecule has 3 nitrogen and oxygen atoms in total. The minimum Gasteiger partial charge on any atom is -0.332 e. The van der Waals surface area contributed by atoms with E-state index in [1.54, 1.807) is 0 Å². The largest absolute Gasteiger partial charge is 0.332 e. The van der Waals surface area contributed by atoms with Crippen LogP contribution in [-0.2, 0) is 6.54 Å². The zero-order valence-electron chi connectivity index (χ0n) is 9.19. The summed E-state index contributed by atoms with van der Waals surface area (Å²) in [5.74, 6) is 0.718. The molecule has 1 saturated carbocycles. The molecule has 1 fully saturated rings. The molecule has 1 aliphatic carbocycles. The highest BCUT2D eigenvalue weighted by molar-refractivity contribution is 5.42. The van der Waals surface area contributed by atoms with Crippen LogP contribution in [0.4, 0.5) is 0 Å². The van der Waals surface area contributed by atoms with Gasteiger partial charge in [-0.1, -0.05) is 12.8 Å². The SMILES string of the molecule is CCn1ccn2nc(C3CCCC3)cc12.